The number of aliphatic hydroxyl groups is 1. The summed E-state index contributed by atoms with van der Waals surface area (Å²) in [5.74, 6) is -0.873. The molecule has 1 heterocycles. The number of hydrogen-bond acceptors (Lipinski definition) is 5. The Morgan fingerprint density at radius 1 is 1.33 bits per heavy atom. The fraction of sp³-hybridized carbons (Fsp3) is 0.417. The molecule has 21 heavy (non-hydrogen) atoms. The fourth-order valence-electron chi connectivity index (χ4n) is 2.04. The van der Waals surface area contributed by atoms with Crippen molar-refractivity contribution < 1.29 is 18.3 Å². The number of benzene rings is 1. The van der Waals surface area contributed by atoms with Gasteiger partial charge in [-0.3, -0.25) is 4.79 Å². The van der Waals surface area contributed by atoms with Crippen LogP contribution < -0.4 is 10.6 Å². The first-order valence-electron chi connectivity index (χ1n) is 6.13. The Labute approximate surface area is 132 Å². The summed E-state index contributed by atoms with van der Waals surface area (Å²) in [5.41, 5.74) is 0.371. The summed E-state index contributed by atoms with van der Waals surface area (Å²) in [7, 11) is -3.25. The van der Waals surface area contributed by atoms with Gasteiger partial charge in [-0.05, 0) is 18.2 Å². The standard InChI is InChI=1S/C12H14Cl2N2O4S/c13-7-1-2-8(14)9(3-7)16-12(18)4-15-10-5-21(19,20)6-11(10)17/h1-3,10-11,15,17H,4-6H2,(H,16,18). The average molecular weight is 353 g/mol. The Hall–Kier alpha value is -0.860. The number of aliphatic hydroxyl groups excluding tert-OH is 1. The van der Waals surface area contributed by atoms with Crippen LogP contribution in [-0.2, 0) is 14.6 Å². The smallest absolute Gasteiger partial charge is 0.238 e. The highest BCUT2D eigenvalue weighted by atomic mass is 35.5. The van der Waals surface area contributed by atoms with Crippen molar-refractivity contribution in [3.63, 3.8) is 0 Å². The molecule has 1 aromatic rings. The number of carbonyl (C=O) groups is 1. The second-order valence-corrected chi connectivity index (χ2v) is 7.80. The van der Waals surface area contributed by atoms with E-state index in [0.29, 0.717) is 15.7 Å². The molecule has 0 aromatic heterocycles. The maximum atomic E-state index is 11.8. The minimum absolute atomic E-state index is 0.139. The Kier molecular flexibility index (Phi) is 5.11. The molecule has 1 amide bonds. The molecule has 0 spiro atoms. The molecule has 1 fully saturated rings. The molecular formula is C12H14Cl2N2O4S. The van der Waals surface area contributed by atoms with Gasteiger partial charge in [0.2, 0.25) is 5.91 Å². The summed E-state index contributed by atoms with van der Waals surface area (Å²) in [5, 5.41) is 15.7. The molecule has 1 aliphatic rings. The van der Waals surface area contributed by atoms with Crippen LogP contribution in [0.1, 0.15) is 0 Å². The summed E-state index contributed by atoms with van der Waals surface area (Å²) >= 11 is 11.7. The van der Waals surface area contributed by atoms with Crippen molar-refractivity contribution >= 4 is 44.6 Å². The third-order valence-corrected chi connectivity index (χ3v) is 5.33. The zero-order valence-corrected chi connectivity index (χ0v) is 13.2. The average Bonchev–Trinajstić information content (AvgIpc) is 2.64. The molecule has 6 nitrogen and oxygen atoms in total. The van der Waals surface area contributed by atoms with Gasteiger partial charge in [0, 0.05) is 11.1 Å². The van der Waals surface area contributed by atoms with E-state index in [2.05, 4.69) is 10.6 Å². The SMILES string of the molecule is O=C(CNC1CS(=O)(=O)CC1O)Nc1cc(Cl)ccc1Cl. The number of halogens is 2. The molecular weight excluding hydrogens is 339 g/mol. The van der Waals surface area contributed by atoms with Crippen LogP contribution in [0.15, 0.2) is 18.2 Å². The topological polar surface area (TPSA) is 95.5 Å². The number of sulfone groups is 1. The largest absolute Gasteiger partial charge is 0.390 e. The molecule has 0 saturated carbocycles. The molecule has 1 aliphatic heterocycles. The van der Waals surface area contributed by atoms with Gasteiger partial charge in [0.15, 0.2) is 9.84 Å². The Bertz CT molecular complexity index is 651. The van der Waals surface area contributed by atoms with E-state index >= 15 is 0 Å². The van der Waals surface area contributed by atoms with Crippen LogP contribution in [0.4, 0.5) is 5.69 Å². The first-order chi connectivity index (χ1) is 9.77. The highest BCUT2D eigenvalue weighted by Crippen LogP contribution is 2.25. The zero-order valence-electron chi connectivity index (χ0n) is 10.8. The third kappa shape index (κ3) is 4.55. The van der Waals surface area contributed by atoms with Crippen molar-refractivity contribution in [3.8, 4) is 0 Å². The van der Waals surface area contributed by atoms with E-state index in [9.17, 15) is 18.3 Å². The van der Waals surface area contributed by atoms with E-state index in [1.807, 2.05) is 0 Å². The van der Waals surface area contributed by atoms with Crippen molar-refractivity contribution in [3.05, 3.63) is 28.2 Å². The Morgan fingerprint density at radius 2 is 2.05 bits per heavy atom. The number of hydrogen-bond donors (Lipinski definition) is 3. The van der Waals surface area contributed by atoms with Gasteiger partial charge in [-0.1, -0.05) is 23.2 Å². The summed E-state index contributed by atoms with van der Waals surface area (Å²) in [4.78, 5) is 11.8. The molecule has 1 saturated heterocycles. The van der Waals surface area contributed by atoms with Crippen molar-refractivity contribution in [2.75, 3.05) is 23.4 Å². The lowest BCUT2D eigenvalue weighted by Crippen LogP contribution is -2.42. The molecule has 9 heteroatoms. The first kappa shape index (κ1) is 16.5. The quantitative estimate of drug-likeness (QED) is 0.740. The molecule has 2 rings (SSSR count). The Morgan fingerprint density at radius 3 is 2.67 bits per heavy atom. The van der Waals surface area contributed by atoms with E-state index in [4.69, 9.17) is 23.2 Å². The van der Waals surface area contributed by atoms with E-state index in [-0.39, 0.29) is 18.1 Å². The highest BCUT2D eigenvalue weighted by molar-refractivity contribution is 7.91. The molecule has 2 unspecified atom stereocenters. The molecule has 0 bridgehead atoms. The van der Waals surface area contributed by atoms with Gasteiger partial charge in [-0.2, -0.15) is 0 Å². The van der Waals surface area contributed by atoms with Crippen molar-refractivity contribution in [1.29, 1.82) is 0 Å². The predicted molar refractivity (Wildman–Crippen MR) is 81.5 cm³/mol. The van der Waals surface area contributed by atoms with Crippen LogP contribution in [0.3, 0.4) is 0 Å². The number of nitrogens with one attached hydrogen (secondary N) is 2. The summed E-state index contributed by atoms with van der Waals surface area (Å²) in [6, 6.07) is 4.02. The minimum atomic E-state index is -3.25. The van der Waals surface area contributed by atoms with Crippen molar-refractivity contribution in [2.24, 2.45) is 0 Å². The normalized spacial score (nSPS) is 24.0. The molecule has 1 aromatic carbocycles. The minimum Gasteiger partial charge on any atom is -0.390 e. The fourth-order valence-corrected chi connectivity index (χ4v) is 4.15. The lowest BCUT2D eigenvalue weighted by molar-refractivity contribution is -0.115. The van der Waals surface area contributed by atoms with Crippen LogP contribution >= 0.6 is 23.2 Å². The first-order valence-corrected chi connectivity index (χ1v) is 8.71. The Balaban J connectivity index is 1.90. The van der Waals surface area contributed by atoms with E-state index in [1.165, 1.54) is 6.07 Å². The van der Waals surface area contributed by atoms with Crippen LogP contribution in [-0.4, -0.2) is 49.6 Å². The summed E-state index contributed by atoms with van der Waals surface area (Å²) in [6.45, 7) is -0.139. The van der Waals surface area contributed by atoms with Gasteiger partial charge in [0.25, 0.3) is 0 Å². The zero-order chi connectivity index (χ0) is 15.6. The highest BCUT2D eigenvalue weighted by Gasteiger charge is 2.36. The van der Waals surface area contributed by atoms with Crippen LogP contribution in [0.5, 0.6) is 0 Å². The van der Waals surface area contributed by atoms with Crippen LogP contribution in [0.2, 0.25) is 10.0 Å². The van der Waals surface area contributed by atoms with E-state index < -0.39 is 27.9 Å². The van der Waals surface area contributed by atoms with Gasteiger partial charge >= 0.3 is 0 Å². The van der Waals surface area contributed by atoms with Crippen LogP contribution in [0, 0.1) is 0 Å². The number of carbonyl (C=O) groups excluding carboxylic acids is 1. The van der Waals surface area contributed by atoms with E-state index in [0.717, 1.165) is 0 Å². The van der Waals surface area contributed by atoms with Gasteiger partial charge in [0.1, 0.15) is 0 Å². The second kappa shape index (κ2) is 6.50. The summed E-state index contributed by atoms with van der Waals surface area (Å²) < 4.78 is 22.7. The third-order valence-electron chi connectivity index (χ3n) is 3.05. The maximum absolute atomic E-state index is 11.8. The van der Waals surface area contributed by atoms with Crippen molar-refractivity contribution in [2.45, 2.75) is 12.1 Å². The molecule has 0 radical (unpaired) electrons. The molecule has 116 valence electrons. The lowest BCUT2D eigenvalue weighted by Gasteiger charge is -2.15. The van der Waals surface area contributed by atoms with Gasteiger partial charge in [0.05, 0.1) is 34.9 Å². The molecule has 0 aliphatic carbocycles. The monoisotopic (exact) mass is 352 g/mol. The van der Waals surface area contributed by atoms with Crippen LogP contribution in [0.25, 0.3) is 0 Å². The molecule has 2 atom stereocenters. The van der Waals surface area contributed by atoms with Gasteiger partial charge in [-0.15, -0.1) is 0 Å². The second-order valence-electron chi connectivity index (χ2n) is 4.80. The van der Waals surface area contributed by atoms with Crippen molar-refractivity contribution in [1.82, 2.24) is 5.32 Å². The number of anilines is 1. The van der Waals surface area contributed by atoms with E-state index in [1.54, 1.807) is 12.1 Å². The van der Waals surface area contributed by atoms with Gasteiger partial charge < -0.3 is 15.7 Å². The lowest BCUT2D eigenvalue weighted by atomic mass is 10.2. The summed E-state index contributed by atoms with van der Waals surface area (Å²) in [6.07, 6.45) is -1.00. The maximum Gasteiger partial charge on any atom is 0.238 e. The van der Waals surface area contributed by atoms with Gasteiger partial charge in [-0.25, -0.2) is 8.42 Å². The number of rotatable bonds is 4. The number of amides is 1. The molecule has 3 N–H and O–H groups in total. The predicted octanol–water partition coefficient (Wildman–Crippen LogP) is 0.679.